The molecule has 3 rings (SSSR count). The van der Waals surface area contributed by atoms with Gasteiger partial charge in [0.05, 0.1) is 21.9 Å². The topological polar surface area (TPSA) is 50.7 Å². The van der Waals surface area contributed by atoms with Gasteiger partial charge >= 0.3 is 0 Å². The van der Waals surface area contributed by atoms with Crippen molar-refractivity contribution in [1.29, 1.82) is 0 Å². The molecule has 0 spiro atoms. The van der Waals surface area contributed by atoms with E-state index in [1.165, 1.54) is 0 Å². The first-order chi connectivity index (χ1) is 8.81. The first-order valence-electron chi connectivity index (χ1n) is 5.41. The van der Waals surface area contributed by atoms with Crippen molar-refractivity contribution in [3.63, 3.8) is 0 Å². The molecule has 5 heteroatoms. The van der Waals surface area contributed by atoms with Crippen molar-refractivity contribution in [2.75, 3.05) is 5.32 Å². The number of nitrogens with zero attached hydrogens (tertiary/aromatic N) is 3. The number of anilines is 2. The van der Waals surface area contributed by atoms with Crippen molar-refractivity contribution < 1.29 is 0 Å². The van der Waals surface area contributed by atoms with Gasteiger partial charge in [0.15, 0.2) is 0 Å². The minimum absolute atomic E-state index is 0.551. The molecule has 0 saturated heterocycles. The number of benzene rings is 1. The number of rotatable bonds is 2. The second kappa shape index (κ2) is 4.70. The van der Waals surface area contributed by atoms with Crippen molar-refractivity contribution in [3.05, 3.63) is 53.4 Å². The summed E-state index contributed by atoms with van der Waals surface area (Å²) in [5, 5.41) is 4.20. The summed E-state index contributed by atoms with van der Waals surface area (Å²) in [5.74, 6) is 0.551. The molecule has 4 nitrogen and oxygen atoms in total. The molecular weight excluding hydrogens is 292 g/mol. The first-order valence-corrected chi connectivity index (χ1v) is 6.20. The third-order valence-corrected chi connectivity index (χ3v) is 2.88. The summed E-state index contributed by atoms with van der Waals surface area (Å²) in [4.78, 5) is 12.7. The fraction of sp³-hybridized carbons (Fsp3) is 0. The van der Waals surface area contributed by atoms with Crippen molar-refractivity contribution >= 4 is 38.5 Å². The van der Waals surface area contributed by atoms with Crippen molar-refractivity contribution in [2.45, 2.75) is 0 Å². The lowest BCUT2D eigenvalue weighted by Crippen LogP contribution is -1.96. The largest absolute Gasteiger partial charge is 0.323 e. The maximum Gasteiger partial charge on any atom is 0.227 e. The van der Waals surface area contributed by atoms with Crippen LogP contribution in [-0.4, -0.2) is 15.0 Å². The molecule has 0 fully saturated rings. The fourth-order valence-electron chi connectivity index (χ4n) is 1.65. The molecule has 0 saturated carbocycles. The summed E-state index contributed by atoms with van der Waals surface area (Å²) in [6, 6.07) is 9.99. The molecule has 0 amide bonds. The van der Waals surface area contributed by atoms with Crippen molar-refractivity contribution in [3.8, 4) is 0 Å². The van der Waals surface area contributed by atoms with Crippen LogP contribution < -0.4 is 5.32 Å². The zero-order valence-electron chi connectivity index (χ0n) is 9.34. The highest BCUT2D eigenvalue weighted by Crippen LogP contribution is 2.18. The summed E-state index contributed by atoms with van der Waals surface area (Å²) in [6.45, 7) is 0. The van der Waals surface area contributed by atoms with E-state index in [2.05, 4.69) is 36.2 Å². The van der Waals surface area contributed by atoms with E-state index in [1.807, 2.05) is 30.3 Å². The number of hydrogen-bond acceptors (Lipinski definition) is 4. The second-order valence-corrected chi connectivity index (χ2v) is 4.68. The fourth-order valence-corrected chi connectivity index (χ4v) is 1.85. The Kier molecular flexibility index (Phi) is 2.90. The van der Waals surface area contributed by atoms with Crippen LogP contribution in [0.4, 0.5) is 11.6 Å². The Balaban J connectivity index is 1.92. The SMILES string of the molecule is Brc1cnc(Nc2cnc3ccccc3c2)nc1. The zero-order valence-corrected chi connectivity index (χ0v) is 10.9. The summed E-state index contributed by atoms with van der Waals surface area (Å²) < 4.78 is 0.852. The predicted octanol–water partition coefficient (Wildman–Crippen LogP) is 3.53. The number of pyridine rings is 1. The van der Waals surface area contributed by atoms with Gasteiger partial charge in [0.2, 0.25) is 5.95 Å². The Labute approximate surface area is 112 Å². The Hall–Kier alpha value is -2.01. The molecule has 3 aromatic rings. The molecular formula is C13H9BrN4. The van der Waals surface area contributed by atoms with Gasteiger partial charge in [-0.25, -0.2) is 9.97 Å². The lowest BCUT2D eigenvalue weighted by Gasteiger charge is -2.05. The summed E-state index contributed by atoms with van der Waals surface area (Å²) in [7, 11) is 0. The zero-order chi connectivity index (χ0) is 12.4. The minimum Gasteiger partial charge on any atom is -0.323 e. The molecule has 0 aliphatic rings. The van der Waals surface area contributed by atoms with Gasteiger partial charge in [-0.05, 0) is 28.1 Å². The summed E-state index contributed by atoms with van der Waals surface area (Å²) >= 11 is 3.30. The maximum absolute atomic E-state index is 4.37. The second-order valence-electron chi connectivity index (χ2n) is 3.77. The van der Waals surface area contributed by atoms with Gasteiger partial charge in [0, 0.05) is 17.8 Å². The van der Waals surface area contributed by atoms with Crippen LogP contribution in [0.25, 0.3) is 10.9 Å². The van der Waals surface area contributed by atoms with Crippen LogP contribution in [-0.2, 0) is 0 Å². The lowest BCUT2D eigenvalue weighted by atomic mass is 10.2. The van der Waals surface area contributed by atoms with E-state index < -0.39 is 0 Å². The highest BCUT2D eigenvalue weighted by atomic mass is 79.9. The average Bonchev–Trinajstić information content (AvgIpc) is 2.41. The smallest absolute Gasteiger partial charge is 0.227 e. The number of para-hydroxylation sites is 1. The molecule has 0 aliphatic heterocycles. The van der Waals surface area contributed by atoms with Gasteiger partial charge in [-0.3, -0.25) is 4.98 Å². The predicted molar refractivity (Wildman–Crippen MR) is 74.8 cm³/mol. The van der Waals surface area contributed by atoms with Gasteiger partial charge < -0.3 is 5.32 Å². The molecule has 2 heterocycles. The molecule has 0 unspecified atom stereocenters. The van der Waals surface area contributed by atoms with Crippen LogP contribution in [0.3, 0.4) is 0 Å². The van der Waals surface area contributed by atoms with Gasteiger partial charge in [0.1, 0.15) is 0 Å². The maximum atomic E-state index is 4.37. The molecule has 1 aromatic carbocycles. The number of hydrogen-bond donors (Lipinski definition) is 1. The molecule has 0 atom stereocenters. The third kappa shape index (κ3) is 2.31. The van der Waals surface area contributed by atoms with Gasteiger partial charge in [0.25, 0.3) is 0 Å². The standard InChI is InChI=1S/C13H9BrN4/c14-10-6-16-13(17-7-10)18-11-5-9-3-1-2-4-12(9)15-8-11/h1-8H,(H,16,17,18). The van der Waals surface area contributed by atoms with Crippen molar-refractivity contribution in [1.82, 2.24) is 15.0 Å². The van der Waals surface area contributed by atoms with Crippen LogP contribution >= 0.6 is 15.9 Å². The molecule has 0 aliphatic carbocycles. The Morgan fingerprint density at radius 2 is 1.72 bits per heavy atom. The lowest BCUT2D eigenvalue weighted by molar-refractivity contribution is 1.15. The van der Waals surface area contributed by atoms with Gasteiger partial charge in [-0.2, -0.15) is 0 Å². The van der Waals surface area contributed by atoms with E-state index in [0.717, 1.165) is 21.1 Å². The molecule has 0 bridgehead atoms. The van der Waals surface area contributed by atoms with E-state index in [4.69, 9.17) is 0 Å². The molecule has 18 heavy (non-hydrogen) atoms. The Morgan fingerprint density at radius 1 is 0.944 bits per heavy atom. The summed E-state index contributed by atoms with van der Waals surface area (Å²) in [5.41, 5.74) is 1.84. The Bertz CT molecular complexity index is 682. The molecule has 0 radical (unpaired) electrons. The Morgan fingerprint density at radius 3 is 2.56 bits per heavy atom. The number of fused-ring (bicyclic) bond motifs is 1. The van der Waals surface area contributed by atoms with E-state index in [-0.39, 0.29) is 0 Å². The normalized spacial score (nSPS) is 10.5. The minimum atomic E-state index is 0.551. The summed E-state index contributed by atoms with van der Waals surface area (Å²) in [6.07, 6.45) is 5.17. The van der Waals surface area contributed by atoms with E-state index in [1.54, 1.807) is 18.6 Å². The molecule has 88 valence electrons. The number of aromatic nitrogens is 3. The average molecular weight is 301 g/mol. The van der Waals surface area contributed by atoms with E-state index in [0.29, 0.717) is 5.95 Å². The highest BCUT2D eigenvalue weighted by Gasteiger charge is 2.00. The molecule has 1 N–H and O–H groups in total. The van der Waals surface area contributed by atoms with Crippen LogP contribution in [0.1, 0.15) is 0 Å². The molecule has 2 aromatic heterocycles. The van der Waals surface area contributed by atoms with Crippen molar-refractivity contribution in [2.24, 2.45) is 0 Å². The first kappa shape index (κ1) is 11.1. The van der Waals surface area contributed by atoms with E-state index >= 15 is 0 Å². The number of nitrogens with one attached hydrogen (secondary N) is 1. The van der Waals surface area contributed by atoms with Gasteiger partial charge in [-0.1, -0.05) is 18.2 Å². The van der Waals surface area contributed by atoms with Crippen LogP contribution in [0, 0.1) is 0 Å². The van der Waals surface area contributed by atoms with E-state index in [9.17, 15) is 0 Å². The van der Waals surface area contributed by atoms with Crippen LogP contribution in [0.15, 0.2) is 53.4 Å². The van der Waals surface area contributed by atoms with Crippen LogP contribution in [0.2, 0.25) is 0 Å². The third-order valence-electron chi connectivity index (χ3n) is 2.47. The highest BCUT2D eigenvalue weighted by molar-refractivity contribution is 9.10. The number of halogens is 1. The monoisotopic (exact) mass is 300 g/mol. The van der Waals surface area contributed by atoms with Crippen LogP contribution in [0.5, 0.6) is 0 Å². The van der Waals surface area contributed by atoms with Gasteiger partial charge in [-0.15, -0.1) is 0 Å². The quantitative estimate of drug-likeness (QED) is 0.786.